The van der Waals surface area contributed by atoms with Crippen LogP contribution in [-0.4, -0.2) is 56.9 Å². The van der Waals surface area contributed by atoms with Gasteiger partial charge in [-0.1, -0.05) is 84.9 Å². The lowest BCUT2D eigenvalue weighted by atomic mass is 9.96. The first-order valence-electron chi connectivity index (χ1n) is 19.4. The van der Waals surface area contributed by atoms with E-state index in [4.69, 9.17) is 42.6 Å². The van der Waals surface area contributed by atoms with Gasteiger partial charge in [-0.2, -0.15) is 9.90 Å². The Kier molecular flexibility index (Phi) is 16.7. The third-order valence-corrected chi connectivity index (χ3v) is 9.91. The van der Waals surface area contributed by atoms with E-state index >= 15 is 0 Å². The molecule has 0 fully saturated rings. The normalized spacial score (nSPS) is 11.8. The number of hydrogen-bond donors (Lipinski definition) is 0. The van der Waals surface area contributed by atoms with Crippen LogP contribution in [0.4, 0.5) is 0 Å². The Morgan fingerprint density at radius 1 is 0.290 bits per heavy atom. The molecule has 9 nitrogen and oxygen atoms in total. The maximum absolute atomic E-state index is 7.53. The fraction of sp³-hybridized carbons (Fsp3) is 0.154. The lowest BCUT2D eigenvalue weighted by molar-refractivity contribution is 0.350. The van der Waals surface area contributed by atoms with Crippen LogP contribution in [0, 0.1) is 0 Å². The van der Waals surface area contributed by atoms with E-state index in [1.165, 1.54) is 0 Å². The predicted molar refractivity (Wildman–Crippen MR) is 255 cm³/mol. The quantitative estimate of drug-likeness (QED) is 0.0363. The monoisotopic (exact) mass is 852 g/mol. The zero-order valence-electron chi connectivity index (χ0n) is 36.4. The second-order valence-corrected chi connectivity index (χ2v) is 13.3. The molecule has 1 unspecified atom stereocenters. The Balaban J connectivity index is 0.00000726. The van der Waals surface area contributed by atoms with Gasteiger partial charge in [-0.25, -0.2) is 0 Å². The second kappa shape index (κ2) is 22.5. The third-order valence-electron chi connectivity index (χ3n) is 9.91. The molecule has 6 aromatic rings. The molecule has 6 rings (SSSR count). The fourth-order valence-corrected chi connectivity index (χ4v) is 6.91. The molecule has 0 amide bonds. The maximum Gasteiger partial charge on any atom is 0.136 e. The minimum Gasteiger partial charge on any atom is -0.496 e. The van der Waals surface area contributed by atoms with Crippen molar-refractivity contribution in [2.75, 3.05) is 56.9 Å². The SMILES string of the molecule is COc1cccc(OC)c1C=C(OC(=Cc1c(OC)cccc1OC)C(=Cc1c(OC)cccc1OC)c1ccccc1)C(=Cc1c(OC)cccc1OC)c1ccccc1.P. The van der Waals surface area contributed by atoms with Crippen LogP contribution in [0.25, 0.3) is 35.5 Å². The topological polar surface area (TPSA) is 83.1 Å². The highest BCUT2D eigenvalue weighted by molar-refractivity contribution is 6.92. The molecule has 0 aromatic heterocycles. The van der Waals surface area contributed by atoms with Crippen molar-refractivity contribution >= 4 is 45.3 Å². The van der Waals surface area contributed by atoms with Crippen molar-refractivity contribution in [1.29, 1.82) is 0 Å². The molecule has 0 aliphatic carbocycles. The maximum atomic E-state index is 7.53. The van der Waals surface area contributed by atoms with Gasteiger partial charge in [0, 0.05) is 11.1 Å². The van der Waals surface area contributed by atoms with Gasteiger partial charge in [0.15, 0.2) is 0 Å². The lowest BCUT2D eigenvalue weighted by Gasteiger charge is -2.22. The van der Waals surface area contributed by atoms with Crippen molar-refractivity contribution in [3.63, 3.8) is 0 Å². The van der Waals surface area contributed by atoms with Gasteiger partial charge in [0.1, 0.15) is 57.5 Å². The Morgan fingerprint density at radius 2 is 0.516 bits per heavy atom. The first-order chi connectivity index (χ1) is 29.9. The molecule has 0 N–H and O–H groups in total. The summed E-state index contributed by atoms with van der Waals surface area (Å²) in [5.41, 5.74) is 5.70. The Labute approximate surface area is 368 Å². The number of allylic oxidation sites excluding steroid dienone is 2. The Hall–Kier alpha value is -7.09. The molecule has 0 aliphatic heterocycles. The van der Waals surface area contributed by atoms with Crippen LogP contribution in [0.15, 0.2) is 145 Å². The molecule has 0 saturated carbocycles. The lowest BCUT2D eigenvalue weighted by Crippen LogP contribution is -2.03. The van der Waals surface area contributed by atoms with Crippen molar-refractivity contribution in [2.45, 2.75) is 0 Å². The molecule has 0 spiro atoms. The van der Waals surface area contributed by atoms with Crippen molar-refractivity contribution in [1.82, 2.24) is 0 Å². The summed E-state index contributed by atoms with van der Waals surface area (Å²) in [6.07, 6.45) is 7.82. The molecular formula is C52H53O9P. The molecule has 0 saturated heterocycles. The highest BCUT2D eigenvalue weighted by atomic mass is 31.0. The second-order valence-electron chi connectivity index (χ2n) is 13.3. The summed E-state index contributed by atoms with van der Waals surface area (Å²) in [6.45, 7) is 0. The average molecular weight is 853 g/mol. The van der Waals surface area contributed by atoms with E-state index in [0.717, 1.165) is 11.1 Å². The Morgan fingerprint density at radius 3 is 0.742 bits per heavy atom. The number of ether oxygens (including phenoxy) is 9. The van der Waals surface area contributed by atoms with Gasteiger partial charge in [-0.15, -0.1) is 0 Å². The molecule has 0 radical (unpaired) electrons. The largest absolute Gasteiger partial charge is 0.496 e. The van der Waals surface area contributed by atoms with Crippen LogP contribution in [0.5, 0.6) is 46.0 Å². The van der Waals surface area contributed by atoms with Crippen molar-refractivity contribution < 1.29 is 42.6 Å². The first-order valence-corrected chi connectivity index (χ1v) is 19.4. The highest BCUT2D eigenvalue weighted by Crippen LogP contribution is 2.43. The van der Waals surface area contributed by atoms with Gasteiger partial charge in [0.05, 0.1) is 79.1 Å². The fourth-order valence-electron chi connectivity index (χ4n) is 6.91. The summed E-state index contributed by atoms with van der Waals surface area (Å²) in [4.78, 5) is 0. The summed E-state index contributed by atoms with van der Waals surface area (Å²) in [6, 6.07) is 42.5. The average Bonchev–Trinajstić information content (AvgIpc) is 3.32. The summed E-state index contributed by atoms with van der Waals surface area (Å²) in [7, 11) is 13.0. The van der Waals surface area contributed by atoms with Crippen molar-refractivity contribution in [3.8, 4) is 46.0 Å². The van der Waals surface area contributed by atoms with Crippen LogP contribution in [0.3, 0.4) is 0 Å². The van der Waals surface area contributed by atoms with Crippen LogP contribution in [0.2, 0.25) is 0 Å². The van der Waals surface area contributed by atoms with Crippen LogP contribution >= 0.6 is 9.90 Å². The van der Waals surface area contributed by atoms with Gasteiger partial charge < -0.3 is 42.6 Å². The van der Waals surface area contributed by atoms with Crippen LogP contribution < -0.4 is 37.9 Å². The molecule has 0 heterocycles. The zero-order chi connectivity index (χ0) is 43.1. The molecular weight excluding hydrogens is 800 g/mol. The number of benzene rings is 6. The van der Waals surface area contributed by atoms with E-state index in [0.29, 0.717) is 90.9 Å². The molecule has 0 bridgehead atoms. The molecule has 1 atom stereocenters. The number of rotatable bonds is 18. The summed E-state index contributed by atoms with van der Waals surface area (Å²) in [5, 5.41) is 0. The van der Waals surface area contributed by atoms with E-state index in [1.807, 2.05) is 158 Å². The standard InChI is InChI=1S/C52H50O9.H3P/c1-53-43-23-15-24-44(54-2)39(43)31-37(35-19-11-9-12-20-35)51(33-41-47(57-5)27-17-28-48(41)58-6)61-52(34-42-49(59-7)29-18-30-50(42)60-8)38(36-21-13-10-14-22-36)32-40-45(55-3)25-16-26-46(40)56-4;/h9-34H,1-8H3;1H3. The van der Waals surface area contributed by atoms with Crippen molar-refractivity contribution in [2.24, 2.45) is 0 Å². The molecule has 62 heavy (non-hydrogen) atoms. The van der Waals surface area contributed by atoms with E-state index in [1.54, 1.807) is 56.9 Å². The van der Waals surface area contributed by atoms with E-state index in [2.05, 4.69) is 0 Å². The molecule has 0 aliphatic rings. The smallest absolute Gasteiger partial charge is 0.136 e. The van der Waals surface area contributed by atoms with Crippen molar-refractivity contribution in [3.05, 3.63) is 178 Å². The van der Waals surface area contributed by atoms with Gasteiger partial charge in [0.25, 0.3) is 0 Å². The third kappa shape index (κ3) is 10.4. The summed E-state index contributed by atoms with van der Waals surface area (Å²) in [5.74, 6) is 5.50. The minimum atomic E-state index is 0. The van der Waals surface area contributed by atoms with Gasteiger partial charge in [0.2, 0.25) is 0 Å². The summed E-state index contributed by atoms with van der Waals surface area (Å²) >= 11 is 0. The minimum absolute atomic E-state index is 0. The van der Waals surface area contributed by atoms with E-state index in [-0.39, 0.29) is 9.90 Å². The van der Waals surface area contributed by atoms with Gasteiger partial charge in [-0.05, 0) is 84.0 Å². The zero-order valence-corrected chi connectivity index (χ0v) is 37.8. The van der Waals surface area contributed by atoms with Gasteiger partial charge >= 0.3 is 0 Å². The summed E-state index contributed by atoms with van der Waals surface area (Å²) < 4.78 is 55.0. The molecule has 320 valence electrons. The van der Waals surface area contributed by atoms with Crippen LogP contribution in [0.1, 0.15) is 33.4 Å². The molecule has 10 heteroatoms. The number of methoxy groups -OCH3 is 8. The highest BCUT2D eigenvalue weighted by Gasteiger charge is 2.23. The Bertz CT molecular complexity index is 2280. The predicted octanol–water partition coefficient (Wildman–Crippen LogP) is 11.7. The first kappa shape index (κ1) is 46.0. The van der Waals surface area contributed by atoms with Gasteiger partial charge in [-0.3, -0.25) is 0 Å². The van der Waals surface area contributed by atoms with E-state index < -0.39 is 0 Å². The number of hydrogen-bond acceptors (Lipinski definition) is 9. The molecule has 6 aromatic carbocycles. The van der Waals surface area contributed by atoms with Crippen LogP contribution in [-0.2, 0) is 4.74 Å². The van der Waals surface area contributed by atoms with E-state index in [9.17, 15) is 0 Å².